The average molecular weight is 366 g/mol. The van der Waals surface area contributed by atoms with Crippen LogP contribution in [-0.2, 0) is 4.79 Å². The summed E-state index contributed by atoms with van der Waals surface area (Å²) in [6, 6.07) is 5.97. The SMILES string of the molecule is CC(C)C(O)C(=O)N[C@H]1C[C@@H](C)C[C@@H](c2ccc(C#N)c3nccnc23)C1. The number of amides is 1. The molecule has 3 rings (SSSR count). The van der Waals surface area contributed by atoms with Crippen LogP contribution in [0.25, 0.3) is 11.0 Å². The molecule has 142 valence electrons. The van der Waals surface area contributed by atoms with E-state index in [1.165, 1.54) is 0 Å². The normalized spacial score (nSPS) is 23.8. The number of aliphatic hydroxyl groups is 1. The smallest absolute Gasteiger partial charge is 0.249 e. The van der Waals surface area contributed by atoms with Crippen molar-refractivity contribution in [3.05, 3.63) is 35.7 Å². The fraction of sp³-hybridized carbons (Fsp3) is 0.524. The van der Waals surface area contributed by atoms with Gasteiger partial charge in [0.15, 0.2) is 0 Å². The minimum atomic E-state index is -0.984. The monoisotopic (exact) mass is 366 g/mol. The number of carbonyl (C=O) groups is 1. The molecule has 6 nitrogen and oxygen atoms in total. The number of benzene rings is 1. The van der Waals surface area contributed by atoms with E-state index in [0.29, 0.717) is 17.0 Å². The van der Waals surface area contributed by atoms with Gasteiger partial charge in [-0.15, -0.1) is 0 Å². The van der Waals surface area contributed by atoms with E-state index in [4.69, 9.17) is 0 Å². The maximum absolute atomic E-state index is 12.3. The van der Waals surface area contributed by atoms with Gasteiger partial charge in [0.2, 0.25) is 5.91 Å². The third-order valence-corrected chi connectivity index (χ3v) is 5.41. The maximum atomic E-state index is 12.3. The Morgan fingerprint density at radius 3 is 2.59 bits per heavy atom. The number of nitrogens with one attached hydrogen (secondary N) is 1. The summed E-state index contributed by atoms with van der Waals surface area (Å²) < 4.78 is 0. The van der Waals surface area contributed by atoms with Crippen molar-refractivity contribution in [3.8, 4) is 6.07 Å². The molecule has 2 N–H and O–H groups in total. The number of hydrogen-bond acceptors (Lipinski definition) is 5. The van der Waals surface area contributed by atoms with Gasteiger partial charge in [0.25, 0.3) is 0 Å². The number of rotatable bonds is 4. The number of nitrogens with zero attached hydrogens (tertiary/aromatic N) is 3. The van der Waals surface area contributed by atoms with Crippen LogP contribution in [-0.4, -0.2) is 33.1 Å². The first kappa shape index (κ1) is 19.2. The fourth-order valence-corrected chi connectivity index (χ4v) is 4.06. The number of aliphatic hydroxyl groups excluding tert-OH is 1. The summed E-state index contributed by atoms with van der Waals surface area (Å²) in [5, 5.41) is 22.4. The van der Waals surface area contributed by atoms with Crippen molar-refractivity contribution in [3.63, 3.8) is 0 Å². The summed E-state index contributed by atoms with van der Waals surface area (Å²) in [6.07, 6.45) is 4.95. The lowest BCUT2D eigenvalue weighted by molar-refractivity contribution is -0.132. The van der Waals surface area contributed by atoms with Crippen LogP contribution in [0.1, 0.15) is 57.1 Å². The van der Waals surface area contributed by atoms with E-state index in [1.807, 2.05) is 26.0 Å². The average Bonchev–Trinajstić information content (AvgIpc) is 2.65. The second-order valence-corrected chi connectivity index (χ2v) is 7.97. The molecule has 0 spiro atoms. The Kier molecular flexibility index (Phi) is 5.71. The van der Waals surface area contributed by atoms with Crippen molar-refractivity contribution in [2.45, 2.75) is 58.1 Å². The van der Waals surface area contributed by atoms with Gasteiger partial charge in [-0.3, -0.25) is 14.8 Å². The van der Waals surface area contributed by atoms with Gasteiger partial charge in [-0.05, 0) is 48.6 Å². The Morgan fingerprint density at radius 1 is 1.22 bits per heavy atom. The van der Waals surface area contributed by atoms with Crippen LogP contribution in [0.5, 0.6) is 0 Å². The minimum absolute atomic E-state index is 0.0158. The number of nitriles is 1. The minimum Gasteiger partial charge on any atom is -0.383 e. The molecular formula is C21H26N4O2. The first-order chi connectivity index (χ1) is 12.9. The van der Waals surface area contributed by atoms with Crippen molar-refractivity contribution in [1.29, 1.82) is 5.26 Å². The quantitative estimate of drug-likeness (QED) is 0.867. The number of carbonyl (C=O) groups excluding carboxylic acids is 1. The number of aromatic nitrogens is 2. The molecule has 1 fully saturated rings. The van der Waals surface area contributed by atoms with Gasteiger partial charge >= 0.3 is 0 Å². The molecule has 6 heteroatoms. The van der Waals surface area contributed by atoms with E-state index in [0.717, 1.165) is 30.3 Å². The van der Waals surface area contributed by atoms with Crippen LogP contribution in [0, 0.1) is 23.2 Å². The highest BCUT2D eigenvalue weighted by Gasteiger charge is 2.31. The Bertz CT molecular complexity index is 874. The van der Waals surface area contributed by atoms with Gasteiger partial charge in [0.1, 0.15) is 17.7 Å². The molecule has 2 aromatic rings. The number of fused-ring (bicyclic) bond motifs is 1. The molecule has 1 unspecified atom stereocenters. The Hall–Kier alpha value is -2.52. The van der Waals surface area contributed by atoms with Gasteiger partial charge < -0.3 is 10.4 Å². The molecule has 1 aliphatic carbocycles. The van der Waals surface area contributed by atoms with E-state index < -0.39 is 6.10 Å². The highest BCUT2D eigenvalue weighted by Crippen LogP contribution is 2.38. The topological polar surface area (TPSA) is 98.9 Å². The van der Waals surface area contributed by atoms with Crippen molar-refractivity contribution in [2.75, 3.05) is 0 Å². The van der Waals surface area contributed by atoms with Crippen molar-refractivity contribution in [1.82, 2.24) is 15.3 Å². The Morgan fingerprint density at radius 2 is 1.93 bits per heavy atom. The third-order valence-electron chi connectivity index (χ3n) is 5.41. The molecule has 27 heavy (non-hydrogen) atoms. The van der Waals surface area contributed by atoms with Gasteiger partial charge in [0, 0.05) is 18.4 Å². The second kappa shape index (κ2) is 8.01. The molecule has 0 radical (unpaired) electrons. The Labute approximate surface area is 159 Å². The van der Waals surface area contributed by atoms with E-state index in [9.17, 15) is 15.2 Å². The standard InChI is InChI=1S/C21H26N4O2/c1-12(2)20(26)21(27)25-16-9-13(3)8-15(10-16)17-5-4-14(11-22)18-19(17)24-7-6-23-18/h4-7,12-13,15-16,20,26H,8-10H2,1-3H3,(H,25,27)/t13-,15+,16-,20?/m0/s1. The molecule has 4 atom stereocenters. The van der Waals surface area contributed by atoms with Crippen molar-refractivity contribution in [2.24, 2.45) is 11.8 Å². The van der Waals surface area contributed by atoms with Crippen LogP contribution >= 0.6 is 0 Å². The van der Waals surface area contributed by atoms with Gasteiger partial charge in [0.05, 0.1) is 11.1 Å². The molecule has 1 aromatic heterocycles. The van der Waals surface area contributed by atoms with Gasteiger partial charge in [-0.1, -0.05) is 26.8 Å². The molecule has 0 aliphatic heterocycles. The summed E-state index contributed by atoms with van der Waals surface area (Å²) >= 11 is 0. The molecular weight excluding hydrogens is 340 g/mol. The lowest BCUT2D eigenvalue weighted by Crippen LogP contribution is -2.46. The van der Waals surface area contributed by atoms with Crippen LogP contribution in [0.15, 0.2) is 24.5 Å². The summed E-state index contributed by atoms with van der Waals surface area (Å²) in [7, 11) is 0. The zero-order chi connectivity index (χ0) is 19.6. The van der Waals surface area contributed by atoms with Crippen molar-refractivity contribution >= 4 is 16.9 Å². The summed E-state index contributed by atoms with van der Waals surface area (Å²) in [5.74, 6) is 0.252. The predicted octanol–water partition coefficient (Wildman–Crippen LogP) is 2.91. The summed E-state index contributed by atoms with van der Waals surface area (Å²) in [4.78, 5) is 21.1. The molecule has 0 saturated heterocycles. The summed E-state index contributed by atoms with van der Waals surface area (Å²) in [6.45, 7) is 5.85. The van der Waals surface area contributed by atoms with Crippen LogP contribution in [0.3, 0.4) is 0 Å². The maximum Gasteiger partial charge on any atom is 0.249 e. The third kappa shape index (κ3) is 4.09. The fourth-order valence-electron chi connectivity index (χ4n) is 4.06. The number of hydrogen-bond donors (Lipinski definition) is 2. The first-order valence-electron chi connectivity index (χ1n) is 9.52. The first-order valence-corrected chi connectivity index (χ1v) is 9.52. The van der Waals surface area contributed by atoms with Gasteiger partial charge in [-0.2, -0.15) is 5.26 Å². The highest BCUT2D eigenvalue weighted by molar-refractivity contribution is 5.84. The van der Waals surface area contributed by atoms with Crippen molar-refractivity contribution < 1.29 is 9.90 Å². The largest absolute Gasteiger partial charge is 0.383 e. The Balaban J connectivity index is 1.86. The summed E-state index contributed by atoms with van der Waals surface area (Å²) in [5.41, 5.74) is 3.00. The van der Waals surface area contributed by atoms with E-state index in [-0.39, 0.29) is 23.8 Å². The molecule has 0 bridgehead atoms. The van der Waals surface area contributed by atoms with E-state index in [1.54, 1.807) is 12.4 Å². The zero-order valence-corrected chi connectivity index (χ0v) is 16.0. The zero-order valence-electron chi connectivity index (χ0n) is 16.0. The van der Waals surface area contributed by atoms with Gasteiger partial charge in [-0.25, -0.2) is 0 Å². The molecule has 1 saturated carbocycles. The molecule has 1 amide bonds. The van der Waals surface area contributed by atoms with Crippen LogP contribution in [0.4, 0.5) is 0 Å². The lowest BCUT2D eigenvalue weighted by atomic mass is 9.75. The second-order valence-electron chi connectivity index (χ2n) is 7.97. The molecule has 1 aliphatic rings. The molecule has 1 heterocycles. The highest BCUT2D eigenvalue weighted by atomic mass is 16.3. The molecule has 1 aromatic carbocycles. The van der Waals surface area contributed by atoms with Crippen LogP contribution in [0.2, 0.25) is 0 Å². The van der Waals surface area contributed by atoms with E-state index in [2.05, 4.69) is 28.3 Å². The predicted molar refractivity (Wildman–Crippen MR) is 103 cm³/mol. The lowest BCUT2D eigenvalue weighted by Gasteiger charge is -2.35. The van der Waals surface area contributed by atoms with E-state index >= 15 is 0 Å². The van der Waals surface area contributed by atoms with Crippen LogP contribution < -0.4 is 5.32 Å².